The minimum atomic E-state index is 0.196. The average Bonchev–Trinajstić information content (AvgIpc) is 3.10. The van der Waals surface area contributed by atoms with Crippen LogP contribution >= 0.6 is 11.3 Å². The highest BCUT2D eigenvalue weighted by atomic mass is 32.1. The fraction of sp³-hybridized carbons (Fsp3) is 0.364. The number of hydrogen-bond acceptors (Lipinski definition) is 5. The minimum absolute atomic E-state index is 0.196. The van der Waals surface area contributed by atoms with Crippen molar-refractivity contribution in [3.05, 3.63) is 58.6 Å². The molecule has 1 saturated heterocycles. The maximum Gasteiger partial charge on any atom is 0.186 e. The molecule has 0 saturated carbocycles. The van der Waals surface area contributed by atoms with Crippen molar-refractivity contribution in [2.45, 2.75) is 25.2 Å². The van der Waals surface area contributed by atoms with E-state index in [1.807, 2.05) is 0 Å². The fourth-order valence-electron chi connectivity index (χ4n) is 4.11. The zero-order valence-corrected chi connectivity index (χ0v) is 16.0. The van der Waals surface area contributed by atoms with Gasteiger partial charge in [0.15, 0.2) is 10.9 Å². The molecule has 0 radical (unpaired) electrons. The molecule has 5 heteroatoms. The molecule has 5 rings (SSSR count). The van der Waals surface area contributed by atoms with Crippen molar-refractivity contribution in [1.29, 1.82) is 0 Å². The number of carbonyl (C=O) groups excluding carboxylic acids is 1. The normalized spacial score (nSPS) is 20.5. The second-order valence-electron chi connectivity index (χ2n) is 7.28. The number of anilines is 1. The standard InChI is InChI=1S/C22H22N2O2S/c25-19-7-3-6-18(17-9-8-15-4-1-2-5-16(15)14-17)20-21(19)27-22(23-20)24-10-12-26-13-11-24/h1-2,4-5,8-9,14,18H,3,6-7,10-13H2. The van der Waals surface area contributed by atoms with Gasteiger partial charge in [-0.15, -0.1) is 0 Å². The van der Waals surface area contributed by atoms with E-state index in [0.29, 0.717) is 6.42 Å². The Hall–Kier alpha value is -2.24. The Balaban J connectivity index is 1.57. The first-order chi connectivity index (χ1) is 13.3. The maximum absolute atomic E-state index is 12.7. The first-order valence-electron chi connectivity index (χ1n) is 9.65. The Bertz CT molecular complexity index is 991. The molecule has 1 aliphatic heterocycles. The first kappa shape index (κ1) is 16.9. The molecule has 0 spiro atoms. The molecule has 1 aromatic heterocycles. The molecule has 0 N–H and O–H groups in total. The van der Waals surface area contributed by atoms with Gasteiger partial charge >= 0.3 is 0 Å². The lowest BCUT2D eigenvalue weighted by molar-refractivity contribution is 0.0985. The largest absolute Gasteiger partial charge is 0.378 e. The van der Waals surface area contributed by atoms with Crippen LogP contribution in [0.4, 0.5) is 5.13 Å². The van der Waals surface area contributed by atoms with Crippen molar-refractivity contribution in [2.75, 3.05) is 31.2 Å². The van der Waals surface area contributed by atoms with Gasteiger partial charge < -0.3 is 9.64 Å². The molecule has 138 valence electrons. The molecule has 27 heavy (non-hydrogen) atoms. The average molecular weight is 378 g/mol. The molecule has 1 aliphatic carbocycles. The number of rotatable bonds is 2. The van der Waals surface area contributed by atoms with Crippen molar-refractivity contribution < 1.29 is 9.53 Å². The van der Waals surface area contributed by atoms with E-state index in [-0.39, 0.29) is 11.7 Å². The maximum atomic E-state index is 12.7. The molecular weight excluding hydrogens is 356 g/mol. The van der Waals surface area contributed by atoms with Crippen LogP contribution < -0.4 is 4.90 Å². The Morgan fingerprint density at radius 1 is 1.07 bits per heavy atom. The number of aromatic nitrogens is 1. The molecule has 2 heterocycles. The summed E-state index contributed by atoms with van der Waals surface area (Å²) in [6.07, 6.45) is 2.53. The van der Waals surface area contributed by atoms with E-state index in [1.165, 1.54) is 16.3 Å². The van der Waals surface area contributed by atoms with E-state index in [0.717, 1.165) is 54.8 Å². The zero-order valence-electron chi connectivity index (χ0n) is 15.2. The van der Waals surface area contributed by atoms with Crippen LogP contribution in [0.1, 0.15) is 46.1 Å². The third-order valence-corrected chi connectivity index (χ3v) is 6.75. The van der Waals surface area contributed by atoms with Crippen LogP contribution in [0, 0.1) is 0 Å². The first-order valence-corrected chi connectivity index (χ1v) is 10.5. The topological polar surface area (TPSA) is 42.4 Å². The van der Waals surface area contributed by atoms with Gasteiger partial charge in [0.25, 0.3) is 0 Å². The van der Waals surface area contributed by atoms with E-state index in [2.05, 4.69) is 47.4 Å². The van der Waals surface area contributed by atoms with Crippen molar-refractivity contribution in [3.8, 4) is 0 Å². The Kier molecular flexibility index (Phi) is 4.42. The summed E-state index contributed by atoms with van der Waals surface area (Å²) in [5, 5.41) is 3.47. The van der Waals surface area contributed by atoms with Crippen molar-refractivity contribution >= 4 is 33.0 Å². The monoisotopic (exact) mass is 378 g/mol. The summed E-state index contributed by atoms with van der Waals surface area (Å²) in [6.45, 7) is 3.15. The van der Waals surface area contributed by atoms with Gasteiger partial charge in [-0.1, -0.05) is 53.8 Å². The number of fused-ring (bicyclic) bond motifs is 2. The van der Waals surface area contributed by atoms with Gasteiger partial charge in [-0.05, 0) is 29.2 Å². The van der Waals surface area contributed by atoms with E-state index < -0.39 is 0 Å². The van der Waals surface area contributed by atoms with Crippen molar-refractivity contribution in [3.63, 3.8) is 0 Å². The summed E-state index contributed by atoms with van der Waals surface area (Å²) in [7, 11) is 0. The van der Waals surface area contributed by atoms with E-state index in [9.17, 15) is 4.79 Å². The van der Waals surface area contributed by atoms with Gasteiger partial charge in [0.2, 0.25) is 0 Å². The smallest absolute Gasteiger partial charge is 0.186 e. The molecule has 4 nitrogen and oxygen atoms in total. The number of ketones is 1. The van der Waals surface area contributed by atoms with Crippen LogP contribution in [0.25, 0.3) is 10.8 Å². The molecule has 0 bridgehead atoms. The summed E-state index contributed by atoms with van der Waals surface area (Å²) in [5.41, 5.74) is 2.25. The van der Waals surface area contributed by atoms with Crippen LogP contribution in [0.3, 0.4) is 0 Å². The fourth-order valence-corrected chi connectivity index (χ4v) is 5.26. The number of thiazole rings is 1. The van der Waals surface area contributed by atoms with Crippen LogP contribution in [0.2, 0.25) is 0 Å². The minimum Gasteiger partial charge on any atom is -0.378 e. The molecule has 1 atom stereocenters. The van der Waals surface area contributed by atoms with Crippen molar-refractivity contribution in [2.24, 2.45) is 0 Å². The summed E-state index contributed by atoms with van der Waals surface area (Å²) in [5.74, 6) is 0.451. The number of Topliss-reactive ketones (excluding diaryl/α,β-unsaturated/α-hetero) is 1. The van der Waals surface area contributed by atoms with Crippen LogP contribution in [-0.4, -0.2) is 37.1 Å². The quantitative estimate of drug-likeness (QED) is 0.610. The predicted octanol–water partition coefficient (Wildman–Crippen LogP) is 4.63. The van der Waals surface area contributed by atoms with Crippen LogP contribution in [0.15, 0.2) is 42.5 Å². The number of morpholine rings is 1. The highest BCUT2D eigenvalue weighted by molar-refractivity contribution is 7.17. The van der Waals surface area contributed by atoms with Crippen LogP contribution in [0.5, 0.6) is 0 Å². The zero-order chi connectivity index (χ0) is 18.2. The second kappa shape index (κ2) is 7.06. The van der Waals surface area contributed by atoms with E-state index >= 15 is 0 Å². The van der Waals surface area contributed by atoms with Gasteiger partial charge in [0, 0.05) is 25.4 Å². The van der Waals surface area contributed by atoms with Crippen LogP contribution in [-0.2, 0) is 4.74 Å². The van der Waals surface area contributed by atoms with E-state index in [4.69, 9.17) is 9.72 Å². The molecular formula is C22H22N2O2S. The molecule has 1 unspecified atom stereocenters. The number of carbonyl (C=O) groups is 1. The molecule has 0 amide bonds. The summed E-state index contributed by atoms with van der Waals surface area (Å²) in [4.78, 5) is 20.8. The Labute approximate surface area is 162 Å². The number of ether oxygens (including phenoxy) is 1. The van der Waals surface area contributed by atoms with Gasteiger partial charge in [0.1, 0.15) is 0 Å². The summed E-state index contributed by atoms with van der Waals surface area (Å²) >= 11 is 1.58. The summed E-state index contributed by atoms with van der Waals surface area (Å²) < 4.78 is 5.46. The lowest BCUT2D eigenvalue weighted by atomic mass is 9.90. The Morgan fingerprint density at radius 3 is 2.74 bits per heavy atom. The number of hydrogen-bond donors (Lipinski definition) is 0. The third kappa shape index (κ3) is 3.15. The lowest BCUT2D eigenvalue weighted by Crippen LogP contribution is -2.36. The van der Waals surface area contributed by atoms with Gasteiger partial charge in [-0.2, -0.15) is 0 Å². The molecule has 2 aromatic carbocycles. The highest BCUT2D eigenvalue weighted by Gasteiger charge is 2.30. The number of benzene rings is 2. The number of nitrogens with zero attached hydrogens (tertiary/aromatic N) is 2. The van der Waals surface area contributed by atoms with Gasteiger partial charge in [0.05, 0.1) is 23.8 Å². The highest BCUT2D eigenvalue weighted by Crippen LogP contribution is 2.40. The molecule has 2 aliphatic rings. The predicted molar refractivity (Wildman–Crippen MR) is 109 cm³/mol. The summed E-state index contributed by atoms with van der Waals surface area (Å²) in [6, 6.07) is 15.1. The van der Waals surface area contributed by atoms with E-state index in [1.54, 1.807) is 11.3 Å². The Morgan fingerprint density at radius 2 is 1.89 bits per heavy atom. The van der Waals surface area contributed by atoms with Crippen molar-refractivity contribution in [1.82, 2.24) is 4.98 Å². The lowest BCUT2D eigenvalue weighted by Gasteiger charge is -2.26. The molecule has 3 aromatic rings. The van der Waals surface area contributed by atoms with Gasteiger partial charge in [-0.25, -0.2) is 4.98 Å². The second-order valence-corrected chi connectivity index (χ2v) is 8.26. The third-order valence-electron chi connectivity index (χ3n) is 5.58. The van der Waals surface area contributed by atoms with Gasteiger partial charge in [-0.3, -0.25) is 4.79 Å². The molecule has 1 fully saturated rings. The SMILES string of the molecule is O=C1CCCC(c2ccc3ccccc3c2)c2nc(N3CCOCC3)sc21.